The highest BCUT2D eigenvalue weighted by Crippen LogP contribution is 2.27. The van der Waals surface area contributed by atoms with Crippen LogP contribution in [0.3, 0.4) is 0 Å². The second kappa shape index (κ2) is 9.50. The van der Waals surface area contributed by atoms with Gasteiger partial charge in [-0.2, -0.15) is 0 Å². The predicted molar refractivity (Wildman–Crippen MR) is 131 cm³/mol. The average Bonchev–Trinajstić information content (AvgIpc) is 2.81. The van der Waals surface area contributed by atoms with Crippen LogP contribution < -0.4 is 15.1 Å². The largest absolute Gasteiger partial charge is 0.478 e. The Kier molecular flexibility index (Phi) is 6.51. The molecule has 2 heterocycles. The number of aromatic carboxylic acids is 1. The van der Waals surface area contributed by atoms with E-state index in [1.165, 1.54) is 29.1 Å². The summed E-state index contributed by atoms with van der Waals surface area (Å²) in [5.41, 5.74) is 4.39. The number of anilines is 3. The summed E-state index contributed by atoms with van der Waals surface area (Å²) in [7, 11) is 0. The van der Waals surface area contributed by atoms with E-state index in [9.17, 15) is 14.7 Å². The molecule has 0 unspecified atom stereocenters. The number of nitrogens with zero attached hydrogens (tertiary/aromatic N) is 3. The number of amides is 1. The van der Waals surface area contributed by atoms with Crippen LogP contribution in [0.1, 0.15) is 31.8 Å². The smallest absolute Gasteiger partial charge is 0.339 e. The van der Waals surface area contributed by atoms with Crippen molar-refractivity contribution >= 4 is 40.7 Å². The number of pyridine rings is 1. The third kappa shape index (κ3) is 5.09. The number of hydrogen-bond acceptors (Lipinski definition) is 5. The molecular formula is C25H25ClN4O3. The van der Waals surface area contributed by atoms with Gasteiger partial charge in [-0.3, -0.25) is 4.79 Å². The third-order valence-electron chi connectivity index (χ3n) is 5.73. The van der Waals surface area contributed by atoms with Crippen LogP contribution in [0.2, 0.25) is 5.02 Å². The maximum atomic E-state index is 12.5. The van der Waals surface area contributed by atoms with Gasteiger partial charge in [0.15, 0.2) is 0 Å². The van der Waals surface area contributed by atoms with Crippen LogP contribution in [-0.4, -0.2) is 48.1 Å². The van der Waals surface area contributed by atoms with Crippen molar-refractivity contribution in [1.29, 1.82) is 0 Å². The first-order chi connectivity index (χ1) is 15.8. The molecule has 2 aromatic carbocycles. The lowest BCUT2D eigenvalue weighted by molar-refractivity contribution is 0.0696. The van der Waals surface area contributed by atoms with E-state index in [-0.39, 0.29) is 11.5 Å². The van der Waals surface area contributed by atoms with E-state index >= 15 is 0 Å². The second-order valence-electron chi connectivity index (χ2n) is 8.13. The summed E-state index contributed by atoms with van der Waals surface area (Å²) in [6.45, 7) is 7.00. The number of benzene rings is 2. The number of carbonyl (C=O) groups is 2. The molecule has 8 heteroatoms. The van der Waals surface area contributed by atoms with Gasteiger partial charge in [0.25, 0.3) is 5.91 Å². The number of carboxylic acid groups (broad SMARTS) is 1. The minimum Gasteiger partial charge on any atom is -0.478 e. The van der Waals surface area contributed by atoms with Gasteiger partial charge >= 0.3 is 5.97 Å². The van der Waals surface area contributed by atoms with Crippen LogP contribution in [0, 0.1) is 13.8 Å². The highest BCUT2D eigenvalue weighted by molar-refractivity contribution is 6.31. The molecule has 1 aliphatic heterocycles. The van der Waals surface area contributed by atoms with Gasteiger partial charge < -0.3 is 20.2 Å². The molecule has 1 aromatic heterocycles. The predicted octanol–water partition coefficient (Wildman–Crippen LogP) is 4.63. The standard InChI is InChI=1S/C25H25ClN4O3/c1-16-6-7-17(2)22(12-16)29-8-10-30(11-9-29)23-21(25(32)33)14-20(15-27-23)28-24(31)18-4-3-5-19(26)13-18/h3-7,12-15H,8-11H2,1-2H3,(H,28,31)(H,32,33). The first-order valence-electron chi connectivity index (χ1n) is 10.7. The van der Waals surface area contributed by atoms with Crippen molar-refractivity contribution < 1.29 is 14.7 Å². The molecule has 2 N–H and O–H groups in total. The number of hydrogen-bond donors (Lipinski definition) is 2. The van der Waals surface area contributed by atoms with E-state index < -0.39 is 5.97 Å². The number of halogens is 1. The molecule has 0 atom stereocenters. The molecule has 3 aromatic rings. The number of aromatic nitrogens is 1. The summed E-state index contributed by atoms with van der Waals surface area (Å²) >= 11 is 5.95. The average molecular weight is 465 g/mol. The summed E-state index contributed by atoms with van der Waals surface area (Å²) in [5.74, 6) is -1.07. The Morgan fingerprint density at radius 1 is 1.00 bits per heavy atom. The van der Waals surface area contributed by atoms with Gasteiger partial charge in [-0.1, -0.05) is 29.8 Å². The molecule has 0 aliphatic carbocycles. The number of piperazine rings is 1. The molecule has 1 amide bonds. The highest BCUT2D eigenvalue weighted by Gasteiger charge is 2.24. The van der Waals surface area contributed by atoms with Gasteiger partial charge in [0.1, 0.15) is 11.4 Å². The van der Waals surface area contributed by atoms with Crippen molar-refractivity contribution in [2.24, 2.45) is 0 Å². The Morgan fingerprint density at radius 3 is 2.42 bits per heavy atom. The Bertz CT molecular complexity index is 1210. The molecule has 0 radical (unpaired) electrons. The van der Waals surface area contributed by atoms with Gasteiger partial charge in [-0.25, -0.2) is 9.78 Å². The summed E-state index contributed by atoms with van der Waals surface area (Å²) in [4.78, 5) is 33.2. The normalized spacial score (nSPS) is 13.7. The van der Waals surface area contributed by atoms with Crippen molar-refractivity contribution in [3.63, 3.8) is 0 Å². The number of rotatable bonds is 5. The summed E-state index contributed by atoms with van der Waals surface area (Å²) in [6, 6.07) is 14.4. The first kappa shape index (κ1) is 22.6. The van der Waals surface area contributed by atoms with Crippen molar-refractivity contribution in [1.82, 2.24) is 4.98 Å². The Morgan fingerprint density at radius 2 is 1.73 bits per heavy atom. The van der Waals surface area contributed by atoms with E-state index in [0.717, 1.165) is 13.1 Å². The van der Waals surface area contributed by atoms with Crippen molar-refractivity contribution in [2.75, 3.05) is 41.3 Å². The second-order valence-corrected chi connectivity index (χ2v) is 8.57. The van der Waals surface area contributed by atoms with Gasteiger partial charge in [-0.05, 0) is 55.3 Å². The number of nitrogens with one attached hydrogen (secondary N) is 1. The van der Waals surface area contributed by atoms with Gasteiger partial charge in [0, 0.05) is 42.5 Å². The molecule has 0 spiro atoms. The minimum atomic E-state index is -1.09. The maximum absolute atomic E-state index is 12.5. The van der Waals surface area contributed by atoms with E-state index in [4.69, 9.17) is 11.6 Å². The van der Waals surface area contributed by atoms with Crippen LogP contribution in [0.5, 0.6) is 0 Å². The topological polar surface area (TPSA) is 85.8 Å². The monoisotopic (exact) mass is 464 g/mol. The number of carbonyl (C=O) groups excluding carboxylic acids is 1. The van der Waals surface area contributed by atoms with E-state index in [2.05, 4.69) is 47.2 Å². The molecular weight excluding hydrogens is 440 g/mol. The fourth-order valence-electron chi connectivity index (χ4n) is 3.99. The molecule has 7 nitrogen and oxygen atoms in total. The van der Waals surface area contributed by atoms with Crippen molar-refractivity contribution in [2.45, 2.75) is 13.8 Å². The fourth-order valence-corrected chi connectivity index (χ4v) is 4.18. The zero-order chi connectivity index (χ0) is 23.5. The van der Waals surface area contributed by atoms with Crippen molar-refractivity contribution in [3.8, 4) is 0 Å². The summed E-state index contributed by atoms with van der Waals surface area (Å²) in [6.07, 6.45) is 1.49. The number of carboxylic acids is 1. The maximum Gasteiger partial charge on any atom is 0.339 e. The molecule has 1 saturated heterocycles. The highest BCUT2D eigenvalue weighted by atomic mass is 35.5. The summed E-state index contributed by atoms with van der Waals surface area (Å²) in [5, 5.41) is 12.9. The Balaban J connectivity index is 1.50. The van der Waals surface area contributed by atoms with Crippen LogP contribution in [-0.2, 0) is 0 Å². The van der Waals surface area contributed by atoms with Crippen LogP contribution in [0.4, 0.5) is 17.2 Å². The third-order valence-corrected chi connectivity index (χ3v) is 5.96. The minimum absolute atomic E-state index is 0.0547. The van der Waals surface area contributed by atoms with E-state index in [0.29, 0.717) is 35.2 Å². The van der Waals surface area contributed by atoms with Crippen LogP contribution in [0.25, 0.3) is 0 Å². The van der Waals surface area contributed by atoms with Gasteiger partial charge in [0.05, 0.1) is 11.9 Å². The molecule has 0 saturated carbocycles. The SMILES string of the molecule is Cc1ccc(C)c(N2CCN(c3ncc(NC(=O)c4cccc(Cl)c4)cc3C(=O)O)CC2)c1. The fraction of sp³-hybridized carbons (Fsp3) is 0.240. The Labute approximate surface area is 197 Å². The summed E-state index contributed by atoms with van der Waals surface area (Å²) < 4.78 is 0. The number of aryl methyl sites for hydroxylation is 2. The molecule has 33 heavy (non-hydrogen) atoms. The van der Waals surface area contributed by atoms with E-state index in [1.807, 2.05) is 4.90 Å². The van der Waals surface area contributed by atoms with Crippen LogP contribution >= 0.6 is 11.6 Å². The Hall–Kier alpha value is -3.58. The van der Waals surface area contributed by atoms with Crippen LogP contribution in [0.15, 0.2) is 54.7 Å². The molecule has 1 aliphatic rings. The molecule has 4 rings (SSSR count). The van der Waals surface area contributed by atoms with Crippen molar-refractivity contribution in [3.05, 3.63) is 82.0 Å². The van der Waals surface area contributed by atoms with E-state index in [1.54, 1.807) is 24.3 Å². The molecule has 170 valence electrons. The lowest BCUT2D eigenvalue weighted by Crippen LogP contribution is -2.47. The van der Waals surface area contributed by atoms with Gasteiger partial charge in [0.2, 0.25) is 0 Å². The van der Waals surface area contributed by atoms with Gasteiger partial charge in [-0.15, -0.1) is 0 Å². The zero-order valence-corrected chi connectivity index (χ0v) is 19.3. The zero-order valence-electron chi connectivity index (χ0n) is 18.5. The molecule has 1 fully saturated rings. The lowest BCUT2D eigenvalue weighted by Gasteiger charge is -2.38. The lowest BCUT2D eigenvalue weighted by atomic mass is 10.1. The quantitative estimate of drug-likeness (QED) is 0.572. The first-order valence-corrected chi connectivity index (χ1v) is 11.1. The molecule has 0 bridgehead atoms.